The molecule has 5 nitrogen and oxygen atoms in total. The molecule has 7 heteroatoms. The molecule has 1 aromatic rings. The molecule has 1 amide bonds. The van der Waals surface area contributed by atoms with Gasteiger partial charge in [-0.05, 0) is 40.1 Å². The van der Waals surface area contributed by atoms with Crippen molar-refractivity contribution in [3.8, 4) is 5.75 Å². The van der Waals surface area contributed by atoms with Crippen LogP contribution in [0.5, 0.6) is 5.75 Å². The van der Waals surface area contributed by atoms with Crippen LogP contribution < -0.4 is 4.74 Å². The normalized spacial score (nSPS) is 21.7. The number of benzene rings is 1. The van der Waals surface area contributed by atoms with Crippen LogP contribution in [0.25, 0.3) is 0 Å². The van der Waals surface area contributed by atoms with Crippen molar-refractivity contribution >= 4 is 29.1 Å². The predicted molar refractivity (Wildman–Crippen MR) is 103 cm³/mol. The highest BCUT2D eigenvalue weighted by molar-refractivity contribution is 6.37. The highest BCUT2D eigenvalue weighted by Crippen LogP contribution is 2.35. The first kappa shape index (κ1) is 20.3. The van der Waals surface area contributed by atoms with Gasteiger partial charge < -0.3 is 14.5 Å². The Labute approximate surface area is 160 Å². The molecule has 0 aliphatic carbocycles. The van der Waals surface area contributed by atoms with E-state index in [-0.39, 0.29) is 18.0 Å². The van der Waals surface area contributed by atoms with Crippen molar-refractivity contribution in [1.29, 1.82) is 0 Å². The smallest absolute Gasteiger partial charge is 0.259 e. The van der Waals surface area contributed by atoms with Crippen molar-refractivity contribution in [2.75, 3.05) is 47.4 Å². The van der Waals surface area contributed by atoms with Gasteiger partial charge in [-0.1, -0.05) is 23.2 Å². The van der Waals surface area contributed by atoms with E-state index in [2.05, 4.69) is 37.7 Å². The number of carbonyl (C=O) groups is 1. The maximum atomic E-state index is 13.1. The number of likely N-dealkylation sites (N-methyl/N-ethyl adjacent to an activating group) is 1. The Kier molecular flexibility index (Phi) is 6.97. The Morgan fingerprint density at radius 1 is 1.20 bits per heavy atom. The monoisotopic (exact) mass is 387 g/mol. The van der Waals surface area contributed by atoms with Crippen molar-refractivity contribution in [2.24, 2.45) is 0 Å². The zero-order valence-electron chi connectivity index (χ0n) is 15.6. The summed E-state index contributed by atoms with van der Waals surface area (Å²) in [6.07, 6.45) is 0. The predicted octanol–water partition coefficient (Wildman–Crippen LogP) is 3.10. The number of methoxy groups -OCH3 is 1. The third-order valence-electron chi connectivity index (χ3n) is 4.67. The average molecular weight is 388 g/mol. The van der Waals surface area contributed by atoms with Gasteiger partial charge in [0.15, 0.2) is 5.75 Å². The lowest BCUT2D eigenvalue weighted by molar-refractivity contribution is 0.0281. The highest BCUT2D eigenvalue weighted by atomic mass is 35.5. The summed E-state index contributed by atoms with van der Waals surface area (Å²) in [5, 5.41) is 0.752. The fraction of sp³-hybridized carbons (Fsp3) is 0.611. The van der Waals surface area contributed by atoms with Crippen molar-refractivity contribution < 1.29 is 9.53 Å². The van der Waals surface area contributed by atoms with Gasteiger partial charge in [0.1, 0.15) is 5.56 Å². The fourth-order valence-corrected chi connectivity index (χ4v) is 3.83. The molecular weight excluding hydrogens is 361 g/mol. The second-order valence-corrected chi connectivity index (χ2v) is 7.70. The average Bonchev–Trinajstić information content (AvgIpc) is 2.54. The van der Waals surface area contributed by atoms with Crippen molar-refractivity contribution in [3.05, 3.63) is 27.7 Å². The molecule has 140 valence electrons. The lowest BCUT2D eigenvalue weighted by atomic mass is 10.1. The summed E-state index contributed by atoms with van der Waals surface area (Å²) < 4.78 is 5.33. The maximum Gasteiger partial charge on any atom is 0.259 e. The molecule has 0 spiro atoms. The standard InChI is InChI=1S/C18H27Cl2N3O2/c1-12-10-22(11-13(2)23(12)9-8-21(3)4)18(24)16-14(19)6-7-15(20)17(16)25-5/h6-7,12-13H,8-11H2,1-5H3. The first-order valence-corrected chi connectivity index (χ1v) is 9.23. The number of rotatable bonds is 5. The van der Waals surface area contributed by atoms with E-state index in [0.29, 0.717) is 34.4 Å². The quantitative estimate of drug-likeness (QED) is 0.777. The number of carbonyl (C=O) groups excluding carboxylic acids is 1. The van der Waals surface area contributed by atoms with Gasteiger partial charge in [0.2, 0.25) is 0 Å². The summed E-state index contributed by atoms with van der Waals surface area (Å²) in [6.45, 7) is 7.60. The van der Waals surface area contributed by atoms with E-state index in [1.165, 1.54) is 7.11 Å². The molecule has 1 heterocycles. The first-order chi connectivity index (χ1) is 11.8. The minimum absolute atomic E-state index is 0.129. The van der Waals surface area contributed by atoms with Gasteiger partial charge in [-0.25, -0.2) is 0 Å². The largest absolute Gasteiger partial charge is 0.494 e. The third kappa shape index (κ3) is 4.59. The van der Waals surface area contributed by atoms with Gasteiger partial charge in [-0.15, -0.1) is 0 Å². The number of amides is 1. The summed E-state index contributed by atoms with van der Waals surface area (Å²) in [5.74, 6) is 0.213. The van der Waals surface area contributed by atoms with Gasteiger partial charge in [0, 0.05) is 38.3 Å². The molecule has 0 radical (unpaired) electrons. The van der Waals surface area contributed by atoms with Gasteiger partial charge >= 0.3 is 0 Å². The van der Waals surface area contributed by atoms with Crippen LogP contribution in [-0.4, -0.2) is 80.1 Å². The van der Waals surface area contributed by atoms with Crippen LogP contribution in [-0.2, 0) is 0 Å². The molecule has 0 N–H and O–H groups in total. The van der Waals surface area contributed by atoms with E-state index >= 15 is 0 Å². The number of hydrogen-bond donors (Lipinski definition) is 0. The maximum absolute atomic E-state index is 13.1. The Morgan fingerprint density at radius 2 is 1.76 bits per heavy atom. The van der Waals surface area contributed by atoms with Crippen molar-refractivity contribution in [2.45, 2.75) is 25.9 Å². The number of piperazine rings is 1. The van der Waals surface area contributed by atoms with Crippen LogP contribution in [0, 0.1) is 0 Å². The van der Waals surface area contributed by atoms with Gasteiger partial charge in [-0.2, -0.15) is 0 Å². The van der Waals surface area contributed by atoms with Crippen LogP contribution in [0.3, 0.4) is 0 Å². The topological polar surface area (TPSA) is 36.0 Å². The fourth-order valence-electron chi connectivity index (χ4n) is 3.37. The molecule has 1 saturated heterocycles. The number of halogens is 2. The summed E-state index contributed by atoms with van der Waals surface area (Å²) >= 11 is 12.4. The van der Waals surface area contributed by atoms with E-state index < -0.39 is 0 Å². The number of hydrogen-bond acceptors (Lipinski definition) is 4. The Morgan fingerprint density at radius 3 is 2.28 bits per heavy atom. The lowest BCUT2D eigenvalue weighted by Gasteiger charge is -2.45. The molecule has 0 bridgehead atoms. The van der Waals surface area contributed by atoms with E-state index in [0.717, 1.165) is 13.1 Å². The summed E-state index contributed by atoms with van der Waals surface area (Å²) in [5.41, 5.74) is 0.345. The van der Waals surface area contributed by atoms with Crippen LogP contribution >= 0.6 is 23.2 Å². The van der Waals surface area contributed by atoms with Crippen molar-refractivity contribution in [1.82, 2.24) is 14.7 Å². The Balaban J connectivity index is 2.19. The zero-order valence-corrected chi connectivity index (χ0v) is 17.1. The molecule has 1 fully saturated rings. The molecule has 2 rings (SSSR count). The van der Waals surface area contributed by atoms with Gasteiger partial charge in [0.05, 0.1) is 17.2 Å². The van der Waals surface area contributed by atoms with Crippen LogP contribution in [0.1, 0.15) is 24.2 Å². The number of ether oxygens (including phenoxy) is 1. The third-order valence-corrected chi connectivity index (χ3v) is 5.28. The van der Waals surface area contributed by atoms with Crippen molar-refractivity contribution in [3.63, 3.8) is 0 Å². The summed E-state index contributed by atoms with van der Waals surface area (Å²) in [4.78, 5) is 19.6. The second kappa shape index (κ2) is 8.58. The van der Waals surface area contributed by atoms with Crippen LogP contribution in [0.4, 0.5) is 0 Å². The first-order valence-electron chi connectivity index (χ1n) is 8.48. The van der Waals surface area contributed by atoms with E-state index in [1.807, 2.05) is 4.90 Å². The van der Waals surface area contributed by atoms with E-state index in [1.54, 1.807) is 12.1 Å². The second-order valence-electron chi connectivity index (χ2n) is 6.89. The molecule has 0 aromatic heterocycles. The molecule has 2 unspecified atom stereocenters. The molecular formula is C18H27Cl2N3O2. The molecule has 2 atom stereocenters. The minimum Gasteiger partial charge on any atom is -0.494 e. The Bertz CT molecular complexity index is 613. The zero-order chi connectivity index (χ0) is 18.7. The van der Waals surface area contributed by atoms with Crippen LogP contribution in [0.15, 0.2) is 12.1 Å². The van der Waals surface area contributed by atoms with Crippen LogP contribution in [0.2, 0.25) is 10.0 Å². The molecule has 0 saturated carbocycles. The van der Waals surface area contributed by atoms with E-state index in [9.17, 15) is 4.79 Å². The van der Waals surface area contributed by atoms with Gasteiger partial charge in [0.25, 0.3) is 5.91 Å². The number of nitrogens with zero attached hydrogens (tertiary/aromatic N) is 3. The SMILES string of the molecule is COc1c(Cl)ccc(Cl)c1C(=O)N1CC(C)N(CCN(C)C)C(C)C1. The van der Waals surface area contributed by atoms with Gasteiger partial charge in [-0.3, -0.25) is 9.69 Å². The summed E-state index contributed by atoms with van der Waals surface area (Å²) in [6, 6.07) is 3.83. The molecule has 25 heavy (non-hydrogen) atoms. The Hall–Kier alpha value is -1.01. The molecule has 1 aliphatic heterocycles. The van der Waals surface area contributed by atoms with E-state index in [4.69, 9.17) is 27.9 Å². The lowest BCUT2D eigenvalue weighted by Crippen LogP contribution is -2.59. The minimum atomic E-state index is -0.129. The molecule has 1 aliphatic rings. The highest BCUT2D eigenvalue weighted by Gasteiger charge is 2.34. The summed E-state index contributed by atoms with van der Waals surface area (Å²) in [7, 11) is 5.64. The molecule has 1 aromatic carbocycles.